The highest BCUT2D eigenvalue weighted by Gasteiger charge is 2.45. The second-order valence-corrected chi connectivity index (χ2v) is 4.51. The molecular weight excluding hydrogens is 247 g/mol. The van der Waals surface area contributed by atoms with Gasteiger partial charge in [0.1, 0.15) is 0 Å². The summed E-state index contributed by atoms with van der Waals surface area (Å²) in [6.07, 6.45) is 1.54. The van der Waals surface area contributed by atoms with Crippen molar-refractivity contribution in [2.24, 2.45) is 5.73 Å². The monoisotopic (exact) mass is 260 g/mol. The third kappa shape index (κ3) is 2.67. The number of halogens is 2. The molecule has 1 aliphatic carbocycles. The van der Waals surface area contributed by atoms with Crippen molar-refractivity contribution in [3.8, 4) is 0 Å². The summed E-state index contributed by atoms with van der Waals surface area (Å²) in [7, 11) is 0. The number of benzene rings is 1. The fourth-order valence-corrected chi connectivity index (χ4v) is 1.60. The zero-order valence-corrected chi connectivity index (χ0v) is 10.5. The van der Waals surface area contributed by atoms with E-state index in [0.717, 1.165) is 24.1 Å². The Morgan fingerprint density at radius 3 is 2.62 bits per heavy atom. The maximum absolute atomic E-state index is 11.7. The molecular formula is C11H14Cl2N2O. The van der Waals surface area contributed by atoms with Crippen LogP contribution in [0.4, 0.5) is 5.69 Å². The van der Waals surface area contributed by atoms with Gasteiger partial charge in [0.05, 0.1) is 5.54 Å². The quantitative estimate of drug-likeness (QED) is 0.859. The molecule has 0 aliphatic heterocycles. The SMILES string of the molecule is Cc1cc(Cl)ccc1NC(=O)C1(N)CC1.Cl. The van der Waals surface area contributed by atoms with Crippen molar-refractivity contribution >= 4 is 35.6 Å². The van der Waals surface area contributed by atoms with Crippen molar-refractivity contribution in [1.82, 2.24) is 0 Å². The van der Waals surface area contributed by atoms with Crippen LogP contribution in [0.5, 0.6) is 0 Å². The summed E-state index contributed by atoms with van der Waals surface area (Å²) in [5.74, 6) is -0.104. The van der Waals surface area contributed by atoms with Crippen molar-refractivity contribution < 1.29 is 4.79 Å². The van der Waals surface area contributed by atoms with Crippen LogP contribution in [0.3, 0.4) is 0 Å². The van der Waals surface area contributed by atoms with E-state index in [2.05, 4.69) is 5.32 Å². The van der Waals surface area contributed by atoms with Crippen LogP contribution in [0.1, 0.15) is 18.4 Å². The van der Waals surface area contributed by atoms with E-state index in [4.69, 9.17) is 17.3 Å². The van der Waals surface area contributed by atoms with Gasteiger partial charge in [0.15, 0.2) is 0 Å². The molecule has 1 amide bonds. The zero-order valence-electron chi connectivity index (χ0n) is 8.92. The molecule has 1 fully saturated rings. The molecule has 0 radical (unpaired) electrons. The average Bonchev–Trinajstić information content (AvgIpc) is 2.90. The van der Waals surface area contributed by atoms with Crippen molar-refractivity contribution in [3.63, 3.8) is 0 Å². The molecule has 0 heterocycles. The predicted octanol–water partition coefficient (Wildman–Crippen LogP) is 2.50. The first-order valence-electron chi connectivity index (χ1n) is 4.88. The molecule has 3 nitrogen and oxygen atoms in total. The molecule has 88 valence electrons. The van der Waals surface area contributed by atoms with Gasteiger partial charge in [0.2, 0.25) is 5.91 Å². The molecule has 0 spiro atoms. The Bertz CT molecular complexity index is 416. The second-order valence-electron chi connectivity index (χ2n) is 4.07. The molecule has 1 aromatic rings. The second kappa shape index (κ2) is 4.62. The first-order valence-corrected chi connectivity index (χ1v) is 5.25. The molecule has 0 aromatic heterocycles. The van der Waals surface area contributed by atoms with E-state index in [9.17, 15) is 4.79 Å². The highest BCUT2D eigenvalue weighted by Crippen LogP contribution is 2.33. The fraction of sp³-hybridized carbons (Fsp3) is 0.364. The van der Waals surface area contributed by atoms with Gasteiger partial charge in [-0.05, 0) is 43.5 Å². The largest absolute Gasteiger partial charge is 0.324 e. The van der Waals surface area contributed by atoms with Crippen LogP contribution in [-0.4, -0.2) is 11.4 Å². The van der Waals surface area contributed by atoms with Crippen molar-refractivity contribution in [2.45, 2.75) is 25.3 Å². The lowest BCUT2D eigenvalue weighted by atomic mass is 10.2. The van der Waals surface area contributed by atoms with E-state index in [1.807, 2.05) is 13.0 Å². The van der Waals surface area contributed by atoms with Crippen molar-refractivity contribution in [3.05, 3.63) is 28.8 Å². The summed E-state index contributed by atoms with van der Waals surface area (Å²) in [6.45, 7) is 1.90. The molecule has 3 N–H and O–H groups in total. The van der Waals surface area contributed by atoms with Gasteiger partial charge in [-0.25, -0.2) is 0 Å². The normalized spacial score (nSPS) is 16.2. The van der Waals surface area contributed by atoms with Crippen molar-refractivity contribution in [1.29, 1.82) is 0 Å². The van der Waals surface area contributed by atoms with Gasteiger partial charge >= 0.3 is 0 Å². The summed E-state index contributed by atoms with van der Waals surface area (Å²) < 4.78 is 0. The molecule has 2 rings (SSSR count). The van der Waals surface area contributed by atoms with Gasteiger partial charge in [-0.15, -0.1) is 12.4 Å². The van der Waals surface area contributed by atoms with Crippen LogP contribution < -0.4 is 11.1 Å². The number of hydrogen-bond acceptors (Lipinski definition) is 2. The van der Waals surface area contributed by atoms with Gasteiger partial charge in [-0.2, -0.15) is 0 Å². The fourth-order valence-electron chi connectivity index (χ4n) is 1.38. The Hall–Kier alpha value is -0.770. The standard InChI is InChI=1S/C11H13ClN2O.ClH/c1-7-6-8(12)2-3-9(7)14-10(15)11(13)4-5-11;/h2-3,6H,4-5,13H2,1H3,(H,14,15);1H. The summed E-state index contributed by atoms with van der Waals surface area (Å²) in [5, 5.41) is 3.48. The van der Waals surface area contributed by atoms with Gasteiger partial charge in [-0.1, -0.05) is 11.6 Å². The number of amides is 1. The van der Waals surface area contributed by atoms with Gasteiger partial charge < -0.3 is 11.1 Å². The Labute approximate surface area is 106 Å². The maximum atomic E-state index is 11.7. The van der Waals surface area contributed by atoms with E-state index in [1.165, 1.54) is 0 Å². The average molecular weight is 261 g/mol. The first kappa shape index (κ1) is 13.3. The predicted molar refractivity (Wildman–Crippen MR) is 68.2 cm³/mol. The molecule has 16 heavy (non-hydrogen) atoms. The van der Waals surface area contributed by atoms with E-state index < -0.39 is 5.54 Å². The van der Waals surface area contributed by atoms with Crippen LogP contribution in [0.2, 0.25) is 5.02 Å². The van der Waals surface area contributed by atoms with E-state index in [-0.39, 0.29) is 18.3 Å². The van der Waals surface area contributed by atoms with Crippen LogP contribution in [0.15, 0.2) is 18.2 Å². The lowest BCUT2D eigenvalue weighted by Gasteiger charge is -2.12. The van der Waals surface area contributed by atoms with Gasteiger partial charge in [-0.3, -0.25) is 4.79 Å². The highest BCUT2D eigenvalue weighted by atomic mass is 35.5. The minimum absolute atomic E-state index is 0. The van der Waals surface area contributed by atoms with E-state index >= 15 is 0 Å². The molecule has 1 aliphatic rings. The number of nitrogens with two attached hydrogens (primary N) is 1. The van der Waals surface area contributed by atoms with Gasteiger partial charge in [0, 0.05) is 10.7 Å². The first-order chi connectivity index (χ1) is 7.01. The lowest BCUT2D eigenvalue weighted by Crippen LogP contribution is -2.37. The van der Waals surface area contributed by atoms with E-state index in [1.54, 1.807) is 12.1 Å². The zero-order chi connectivity index (χ0) is 11.1. The molecule has 0 bridgehead atoms. The molecule has 0 saturated heterocycles. The molecule has 5 heteroatoms. The van der Waals surface area contributed by atoms with Crippen LogP contribution >= 0.6 is 24.0 Å². The lowest BCUT2D eigenvalue weighted by molar-refractivity contribution is -0.118. The minimum Gasteiger partial charge on any atom is -0.324 e. The van der Waals surface area contributed by atoms with Crippen molar-refractivity contribution in [2.75, 3.05) is 5.32 Å². The Morgan fingerprint density at radius 1 is 1.50 bits per heavy atom. The Kier molecular flexibility index (Phi) is 3.84. The smallest absolute Gasteiger partial charge is 0.244 e. The number of nitrogens with one attached hydrogen (secondary N) is 1. The topological polar surface area (TPSA) is 55.1 Å². The number of aryl methyl sites for hydroxylation is 1. The van der Waals surface area contributed by atoms with Gasteiger partial charge in [0.25, 0.3) is 0 Å². The summed E-state index contributed by atoms with van der Waals surface area (Å²) in [5.41, 5.74) is 6.87. The van der Waals surface area contributed by atoms with Crippen LogP contribution in [-0.2, 0) is 4.79 Å². The minimum atomic E-state index is -0.633. The summed E-state index contributed by atoms with van der Waals surface area (Å²) in [6, 6.07) is 5.36. The maximum Gasteiger partial charge on any atom is 0.244 e. The van der Waals surface area contributed by atoms with Crippen LogP contribution in [0, 0.1) is 6.92 Å². The third-order valence-corrected chi connectivity index (χ3v) is 2.91. The number of anilines is 1. The third-order valence-electron chi connectivity index (χ3n) is 2.68. The molecule has 1 aromatic carbocycles. The Balaban J connectivity index is 0.00000128. The molecule has 0 atom stereocenters. The molecule has 0 unspecified atom stereocenters. The number of hydrogen-bond donors (Lipinski definition) is 2. The number of carbonyl (C=O) groups excluding carboxylic acids is 1. The number of carbonyl (C=O) groups is 1. The molecule has 1 saturated carbocycles. The summed E-state index contributed by atoms with van der Waals surface area (Å²) in [4.78, 5) is 11.7. The van der Waals surface area contributed by atoms with Crippen LogP contribution in [0.25, 0.3) is 0 Å². The Morgan fingerprint density at radius 2 is 2.12 bits per heavy atom. The number of rotatable bonds is 2. The summed E-state index contributed by atoms with van der Waals surface area (Å²) >= 11 is 5.82. The highest BCUT2D eigenvalue weighted by molar-refractivity contribution is 6.30. The van der Waals surface area contributed by atoms with E-state index in [0.29, 0.717) is 5.02 Å².